The molecule has 1 aliphatic rings. The molecule has 1 unspecified atom stereocenters. The van der Waals surface area contributed by atoms with E-state index in [4.69, 9.17) is 0 Å². The van der Waals surface area contributed by atoms with E-state index in [9.17, 15) is 18.0 Å². The number of amides is 2. The molecule has 0 N–H and O–H groups in total. The second-order valence-electron chi connectivity index (χ2n) is 9.20. The van der Waals surface area contributed by atoms with Gasteiger partial charge in [-0.05, 0) is 86.2 Å². The van der Waals surface area contributed by atoms with Crippen LogP contribution in [0.2, 0.25) is 0 Å². The van der Waals surface area contributed by atoms with Crippen molar-refractivity contribution in [2.75, 3.05) is 11.4 Å². The van der Waals surface area contributed by atoms with Crippen molar-refractivity contribution < 1.29 is 18.0 Å². The fourth-order valence-corrected chi connectivity index (χ4v) is 7.14. The summed E-state index contributed by atoms with van der Waals surface area (Å²) in [4.78, 5) is 28.0. The highest BCUT2D eigenvalue weighted by Crippen LogP contribution is 2.34. The largest absolute Gasteiger partial charge is 0.274 e. The number of halogens is 1. The molecule has 2 amide bonds. The monoisotopic (exact) mass is 568 g/mol. The van der Waals surface area contributed by atoms with Crippen LogP contribution in [0.4, 0.5) is 5.69 Å². The zero-order valence-corrected chi connectivity index (χ0v) is 23.2. The van der Waals surface area contributed by atoms with Gasteiger partial charge < -0.3 is 0 Å². The SMILES string of the molecule is Cc1cc(C)c(C)c(S(=O)(=O)N(CCc2ccccc2)C2CC(=O)N(c3ccc(Br)cc3)C2=O)c1C. The molecular formula is C28H29BrN2O4S. The second kappa shape index (κ2) is 10.3. The third-order valence-corrected chi connectivity index (χ3v) is 9.59. The Morgan fingerprint density at radius 1 is 0.917 bits per heavy atom. The van der Waals surface area contributed by atoms with Crippen LogP contribution in [-0.4, -0.2) is 37.1 Å². The average Bonchev–Trinajstić information content (AvgIpc) is 3.12. The highest BCUT2D eigenvalue weighted by atomic mass is 79.9. The smallest absolute Gasteiger partial charge is 0.252 e. The summed E-state index contributed by atoms with van der Waals surface area (Å²) in [6.45, 7) is 7.43. The summed E-state index contributed by atoms with van der Waals surface area (Å²) in [6, 6.07) is 17.2. The predicted molar refractivity (Wildman–Crippen MR) is 144 cm³/mol. The molecule has 0 aromatic heterocycles. The first-order valence-electron chi connectivity index (χ1n) is 11.8. The van der Waals surface area contributed by atoms with Gasteiger partial charge in [0.25, 0.3) is 5.91 Å². The maximum absolute atomic E-state index is 14.3. The van der Waals surface area contributed by atoms with Crippen LogP contribution in [0.3, 0.4) is 0 Å². The number of anilines is 1. The highest BCUT2D eigenvalue weighted by Gasteiger charge is 2.47. The normalized spacial score (nSPS) is 16.3. The van der Waals surface area contributed by atoms with Crippen LogP contribution in [0.15, 0.2) is 70.0 Å². The topological polar surface area (TPSA) is 74.8 Å². The van der Waals surface area contributed by atoms with Gasteiger partial charge in [-0.25, -0.2) is 13.3 Å². The molecule has 3 aromatic rings. The highest BCUT2D eigenvalue weighted by molar-refractivity contribution is 9.10. The Morgan fingerprint density at radius 2 is 1.50 bits per heavy atom. The van der Waals surface area contributed by atoms with Gasteiger partial charge in [-0.1, -0.05) is 52.3 Å². The van der Waals surface area contributed by atoms with Crippen LogP contribution in [0, 0.1) is 27.7 Å². The lowest BCUT2D eigenvalue weighted by molar-refractivity contribution is -0.122. The summed E-state index contributed by atoms with van der Waals surface area (Å²) in [5.41, 5.74) is 4.42. The van der Waals surface area contributed by atoms with Crippen LogP contribution < -0.4 is 4.90 Å². The molecule has 4 rings (SSSR count). The number of carbonyl (C=O) groups is 2. The number of aryl methyl sites for hydroxylation is 2. The molecule has 0 spiro atoms. The number of imide groups is 1. The molecule has 0 aliphatic carbocycles. The lowest BCUT2D eigenvalue weighted by Crippen LogP contribution is -2.46. The van der Waals surface area contributed by atoms with Crippen molar-refractivity contribution in [3.05, 3.63) is 93.0 Å². The van der Waals surface area contributed by atoms with Gasteiger partial charge in [-0.2, -0.15) is 4.31 Å². The van der Waals surface area contributed by atoms with Gasteiger partial charge in [0, 0.05) is 11.0 Å². The van der Waals surface area contributed by atoms with E-state index >= 15 is 0 Å². The quantitative estimate of drug-likeness (QED) is 0.365. The maximum atomic E-state index is 14.3. The number of nitrogens with zero attached hydrogens (tertiary/aromatic N) is 2. The van der Waals surface area contributed by atoms with Crippen molar-refractivity contribution in [3.63, 3.8) is 0 Å². The Labute approximate surface area is 221 Å². The predicted octanol–water partition coefficient (Wildman–Crippen LogP) is 5.25. The van der Waals surface area contributed by atoms with Crippen LogP contribution in [0.5, 0.6) is 0 Å². The van der Waals surface area contributed by atoms with E-state index < -0.39 is 27.9 Å². The third kappa shape index (κ3) is 4.90. The number of rotatable bonds is 7. The van der Waals surface area contributed by atoms with E-state index in [1.165, 1.54) is 4.31 Å². The standard InChI is InChI=1S/C28H29BrN2O4S/c1-18-16-19(2)21(4)27(20(18)3)36(34,35)30(15-14-22-8-6-5-7-9-22)25-17-26(32)31(28(25)33)24-12-10-23(29)11-13-24/h5-13,16,25H,14-15,17H2,1-4H3. The summed E-state index contributed by atoms with van der Waals surface area (Å²) >= 11 is 3.36. The molecule has 3 aromatic carbocycles. The third-order valence-electron chi connectivity index (χ3n) is 6.88. The first-order chi connectivity index (χ1) is 17.0. The molecule has 1 heterocycles. The van der Waals surface area contributed by atoms with Gasteiger partial charge >= 0.3 is 0 Å². The van der Waals surface area contributed by atoms with Crippen molar-refractivity contribution in [1.29, 1.82) is 0 Å². The molecule has 0 saturated carbocycles. The molecular weight excluding hydrogens is 540 g/mol. The minimum Gasteiger partial charge on any atom is -0.274 e. The minimum atomic E-state index is -4.10. The summed E-state index contributed by atoms with van der Waals surface area (Å²) < 4.78 is 30.6. The Hall–Kier alpha value is -2.81. The number of benzene rings is 3. The van der Waals surface area contributed by atoms with Gasteiger partial charge in [0.2, 0.25) is 15.9 Å². The number of carbonyl (C=O) groups excluding carboxylic acids is 2. The molecule has 1 fully saturated rings. The molecule has 1 aliphatic heterocycles. The Bertz CT molecular complexity index is 1390. The van der Waals surface area contributed by atoms with Gasteiger partial charge in [0.15, 0.2) is 0 Å². The fourth-order valence-electron chi connectivity index (χ4n) is 4.71. The zero-order chi connectivity index (χ0) is 26.2. The van der Waals surface area contributed by atoms with Crippen molar-refractivity contribution in [2.45, 2.75) is 51.5 Å². The Morgan fingerprint density at radius 3 is 2.08 bits per heavy atom. The van der Waals surface area contributed by atoms with E-state index in [1.54, 1.807) is 38.1 Å². The number of hydrogen-bond acceptors (Lipinski definition) is 4. The van der Waals surface area contributed by atoms with Crippen LogP contribution in [-0.2, 0) is 26.0 Å². The van der Waals surface area contributed by atoms with E-state index in [0.29, 0.717) is 23.2 Å². The molecule has 6 nitrogen and oxygen atoms in total. The fraction of sp³-hybridized carbons (Fsp3) is 0.286. The van der Waals surface area contributed by atoms with Gasteiger partial charge in [0.05, 0.1) is 17.0 Å². The molecule has 1 atom stereocenters. The molecule has 0 bridgehead atoms. The summed E-state index contributed by atoms with van der Waals surface area (Å²) in [6.07, 6.45) is 0.213. The van der Waals surface area contributed by atoms with E-state index in [1.807, 2.05) is 50.2 Å². The van der Waals surface area contributed by atoms with Gasteiger partial charge in [-0.15, -0.1) is 0 Å². The molecule has 1 saturated heterocycles. The van der Waals surface area contributed by atoms with Crippen LogP contribution in [0.25, 0.3) is 0 Å². The van der Waals surface area contributed by atoms with Crippen LogP contribution >= 0.6 is 15.9 Å². The first-order valence-corrected chi connectivity index (χ1v) is 14.0. The summed E-state index contributed by atoms with van der Waals surface area (Å²) in [5.74, 6) is -0.945. The van der Waals surface area contributed by atoms with E-state index in [-0.39, 0.29) is 17.9 Å². The molecule has 188 valence electrons. The minimum absolute atomic E-state index is 0.0794. The van der Waals surface area contributed by atoms with E-state index in [2.05, 4.69) is 15.9 Å². The van der Waals surface area contributed by atoms with Gasteiger partial charge in [-0.3, -0.25) is 9.59 Å². The Balaban J connectivity index is 1.79. The summed E-state index contributed by atoms with van der Waals surface area (Å²) in [5, 5.41) is 0. The lowest BCUT2D eigenvalue weighted by atomic mass is 10.0. The molecule has 8 heteroatoms. The Kier molecular flexibility index (Phi) is 7.50. The van der Waals surface area contributed by atoms with Crippen molar-refractivity contribution in [3.8, 4) is 0 Å². The first kappa shape index (κ1) is 26.3. The van der Waals surface area contributed by atoms with Gasteiger partial charge in [0.1, 0.15) is 6.04 Å². The second-order valence-corrected chi connectivity index (χ2v) is 11.9. The number of hydrogen-bond donors (Lipinski definition) is 0. The van der Waals surface area contributed by atoms with Crippen molar-refractivity contribution in [1.82, 2.24) is 4.31 Å². The zero-order valence-electron chi connectivity index (χ0n) is 20.8. The number of sulfonamides is 1. The summed E-state index contributed by atoms with van der Waals surface area (Å²) in [7, 11) is -4.10. The van der Waals surface area contributed by atoms with Crippen molar-refractivity contribution in [2.24, 2.45) is 0 Å². The lowest BCUT2D eigenvalue weighted by Gasteiger charge is -2.29. The van der Waals surface area contributed by atoms with Crippen LogP contribution in [0.1, 0.15) is 34.2 Å². The van der Waals surface area contributed by atoms with E-state index in [0.717, 1.165) is 26.1 Å². The average molecular weight is 570 g/mol. The maximum Gasteiger partial charge on any atom is 0.252 e. The molecule has 0 radical (unpaired) electrons. The molecule has 36 heavy (non-hydrogen) atoms. The van der Waals surface area contributed by atoms with Crippen molar-refractivity contribution >= 4 is 43.5 Å².